The maximum absolute atomic E-state index is 13.1. The number of piperidine rings is 1. The zero-order valence-corrected chi connectivity index (χ0v) is 14.5. The lowest BCUT2D eigenvalue weighted by Gasteiger charge is -2.35. The Morgan fingerprint density at radius 1 is 1.43 bits per heavy atom. The summed E-state index contributed by atoms with van der Waals surface area (Å²) in [5.74, 6) is 0.0825. The molecule has 1 atom stereocenters. The van der Waals surface area contributed by atoms with E-state index in [-0.39, 0.29) is 18.6 Å². The van der Waals surface area contributed by atoms with Gasteiger partial charge in [-0.3, -0.25) is 9.36 Å². The highest BCUT2D eigenvalue weighted by Crippen LogP contribution is 2.27. The number of hydrogen-bond acceptors (Lipinski definition) is 4. The van der Waals surface area contributed by atoms with Crippen molar-refractivity contribution in [2.24, 2.45) is 0 Å². The van der Waals surface area contributed by atoms with Crippen LogP contribution in [0.2, 0.25) is 0 Å². The van der Waals surface area contributed by atoms with Crippen molar-refractivity contribution in [1.29, 1.82) is 0 Å². The second-order valence-electron chi connectivity index (χ2n) is 6.10. The summed E-state index contributed by atoms with van der Waals surface area (Å²) >= 11 is 1.57. The average Bonchev–Trinajstić information content (AvgIpc) is 3.15. The smallest absolute Gasteiger partial charge is 0.255 e. The molecule has 0 aliphatic carbocycles. The van der Waals surface area contributed by atoms with Crippen molar-refractivity contribution in [3.8, 4) is 5.13 Å². The molecule has 3 heterocycles. The van der Waals surface area contributed by atoms with Crippen molar-refractivity contribution in [1.82, 2.24) is 14.5 Å². The summed E-state index contributed by atoms with van der Waals surface area (Å²) < 4.78 is 2.04. The van der Waals surface area contributed by atoms with Crippen molar-refractivity contribution < 1.29 is 9.90 Å². The summed E-state index contributed by atoms with van der Waals surface area (Å²) in [4.78, 5) is 19.4. The van der Waals surface area contributed by atoms with Gasteiger partial charge in [-0.15, -0.1) is 11.3 Å². The van der Waals surface area contributed by atoms with Gasteiger partial charge in [0.25, 0.3) is 5.91 Å². The second kappa shape index (κ2) is 6.84. The first-order valence-electron chi connectivity index (χ1n) is 8.14. The first-order chi connectivity index (χ1) is 11.1. The quantitative estimate of drug-likeness (QED) is 0.936. The SMILES string of the molecule is Cc1cc(C(=O)N2CCCCC2CCO)c(C)n1-c1nccs1. The third-order valence-electron chi connectivity index (χ3n) is 4.62. The minimum Gasteiger partial charge on any atom is -0.396 e. The first kappa shape index (κ1) is 16.2. The molecular weight excluding hydrogens is 310 g/mol. The van der Waals surface area contributed by atoms with Crippen LogP contribution in [0.15, 0.2) is 17.6 Å². The molecule has 6 heteroatoms. The van der Waals surface area contributed by atoms with E-state index >= 15 is 0 Å². The highest BCUT2D eigenvalue weighted by atomic mass is 32.1. The molecule has 1 aliphatic heterocycles. The number of carbonyl (C=O) groups is 1. The maximum Gasteiger partial charge on any atom is 0.255 e. The number of likely N-dealkylation sites (tertiary alicyclic amines) is 1. The van der Waals surface area contributed by atoms with Crippen LogP contribution in [-0.4, -0.2) is 44.7 Å². The number of thiazole rings is 1. The molecule has 0 saturated carbocycles. The molecule has 1 aliphatic rings. The minimum atomic E-state index is 0.0825. The van der Waals surface area contributed by atoms with Crippen LogP contribution in [0.1, 0.15) is 47.4 Å². The second-order valence-corrected chi connectivity index (χ2v) is 6.97. The van der Waals surface area contributed by atoms with E-state index in [9.17, 15) is 9.90 Å². The monoisotopic (exact) mass is 333 g/mol. The lowest BCUT2D eigenvalue weighted by atomic mass is 9.98. The molecule has 1 amide bonds. The van der Waals surface area contributed by atoms with Gasteiger partial charge in [0.1, 0.15) is 0 Å². The van der Waals surface area contributed by atoms with Gasteiger partial charge in [-0.25, -0.2) is 4.98 Å². The summed E-state index contributed by atoms with van der Waals surface area (Å²) in [6.07, 6.45) is 5.60. The lowest BCUT2D eigenvalue weighted by Crippen LogP contribution is -2.44. The molecule has 0 spiro atoms. The molecule has 5 nitrogen and oxygen atoms in total. The van der Waals surface area contributed by atoms with E-state index in [1.54, 1.807) is 17.5 Å². The number of rotatable bonds is 4. The van der Waals surface area contributed by atoms with Gasteiger partial charge >= 0.3 is 0 Å². The average molecular weight is 333 g/mol. The zero-order valence-electron chi connectivity index (χ0n) is 13.7. The molecule has 0 bridgehead atoms. The topological polar surface area (TPSA) is 58.4 Å². The molecule has 3 rings (SSSR count). The molecule has 2 aromatic heterocycles. The summed E-state index contributed by atoms with van der Waals surface area (Å²) in [6.45, 7) is 4.90. The first-order valence-corrected chi connectivity index (χ1v) is 9.02. The fraction of sp³-hybridized carbons (Fsp3) is 0.529. The van der Waals surface area contributed by atoms with Crippen LogP contribution in [0, 0.1) is 13.8 Å². The van der Waals surface area contributed by atoms with E-state index in [0.29, 0.717) is 6.42 Å². The van der Waals surface area contributed by atoms with Gasteiger partial charge in [0.05, 0.1) is 5.56 Å². The fourth-order valence-electron chi connectivity index (χ4n) is 3.47. The molecule has 1 unspecified atom stereocenters. The number of amides is 1. The minimum absolute atomic E-state index is 0.0825. The van der Waals surface area contributed by atoms with Gasteiger partial charge in [-0.2, -0.15) is 0 Å². The van der Waals surface area contributed by atoms with Crippen LogP contribution in [0.25, 0.3) is 5.13 Å². The van der Waals surface area contributed by atoms with E-state index in [4.69, 9.17) is 0 Å². The van der Waals surface area contributed by atoms with Crippen LogP contribution < -0.4 is 0 Å². The van der Waals surface area contributed by atoms with Gasteiger partial charge in [0, 0.05) is 42.2 Å². The number of aromatic nitrogens is 2. The van der Waals surface area contributed by atoms with Crippen molar-refractivity contribution in [3.63, 3.8) is 0 Å². The Hall–Kier alpha value is -1.66. The number of nitrogens with zero attached hydrogens (tertiary/aromatic N) is 3. The predicted molar refractivity (Wildman–Crippen MR) is 91.3 cm³/mol. The molecule has 124 valence electrons. The van der Waals surface area contributed by atoms with Gasteiger partial charge in [0.15, 0.2) is 5.13 Å². The van der Waals surface area contributed by atoms with Crippen LogP contribution in [0.5, 0.6) is 0 Å². The fourth-order valence-corrected chi connectivity index (χ4v) is 4.22. The van der Waals surface area contributed by atoms with Crippen molar-refractivity contribution in [2.75, 3.05) is 13.2 Å². The van der Waals surface area contributed by atoms with Crippen LogP contribution in [0.4, 0.5) is 0 Å². The van der Waals surface area contributed by atoms with E-state index in [1.165, 1.54) is 0 Å². The molecule has 2 aromatic rings. The number of aliphatic hydroxyl groups excluding tert-OH is 1. The zero-order chi connectivity index (χ0) is 16.4. The Morgan fingerprint density at radius 2 is 2.26 bits per heavy atom. The van der Waals surface area contributed by atoms with Gasteiger partial charge in [-0.1, -0.05) is 0 Å². The third kappa shape index (κ3) is 3.05. The Kier molecular flexibility index (Phi) is 4.82. The van der Waals surface area contributed by atoms with E-state index in [0.717, 1.165) is 47.9 Å². The van der Waals surface area contributed by atoms with Crippen LogP contribution in [0.3, 0.4) is 0 Å². The van der Waals surface area contributed by atoms with Crippen molar-refractivity contribution in [3.05, 3.63) is 34.6 Å². The van der Waals surface area contributed by atoms with Crippen LogP contribution in [-0.2, 0) is 0 Å². The summed E-state index contributed by atoms with van der Waals surface area (Å²) in [5.41, 5.74) is 2.72. The normalized spacial score (nSPS) is 18.4. The number of aryl methyl sites for hydroxylation is 1. The van der Waals surface area contributed by atoms with E-state index < -0.39 is 0 Å². The number of carbonyl (C=O) groups excluding carboxylic acids is 1. The largest absolute Gasteiger partial charge is 0.396 e. The molecule has 0 radical (unpaired) electrons. The van der Waals surface area contributed by atoms with Crippen molar-refractivity contribution in [2.45, 2.75) is 45.6 Å². The highest BCUT2D eigenvalue weighted by molar-refractivity contribution is 7.12. The Morgan fingerprint density at radius 3 is 2.96 bits per heavy atom. The van der Waals surface area contributed by atoms with E-state index in [2.05, 4.69) is 4.98 Å². The van der Waals surface area contributed by atoms with Gasteiger partial charge in [0.2, 0.25) is 0 Å². The Balaban J connectivity index is 1.92. The Bertz CT molecular complexity index is 676. The summed E-state index contributed by atoms with van der Waals surface area (Å²) in [5, 5.41) is 12.1. The molecule has 0 aromatic carbocycles. The van der Waals surface area contributed by atoms with Gasteiger partial charge in [-0.05, 0) is 45.6 Å². The Labute approximate surface area is 140 Å². The van der Waals surface area contributed by atoms with E-state index in [1.807, 2.05) is 34.8 Å². The molecular formula is C17H23N3O2S. The standard InChI is InChI=1S/C17H23N3O2S/c1-12-11-15(13(2)20(12)17-18-7-10-23-17)16(22)19-8-4-3-5-14(19)6-9-21/h7,10-11,14,21H,3-6,8-9H2,1-2H3. The lowest BCUT2D eigenvalue weighted by molar-refractivity contribution is 0.0574. The highest BCUT2D eigenvalue weighted by Gasteiger charge is 2.29. The van der Waals surface area contributed by atoms with Crippen molar-refractivity contribution >= 4 is 17.2 Å². The molecule has 23 heavy (non-hydrogen) atoms. The third-order valence-corrected chi connectivity index (χ3v) is 5.38. The summed E-state index contributed by atoms with van der Waals surface area (Å²) in [6, 6.07) is 2.12. The predicted octanol–water partition coefficient (Wildman–Crippen LogP) is 2.93. The summed E-state index contributed by atoms with van der Waals surface area (Å²) in [7, 11) is 0. The maximum atomic E-state index is 13.1. The molecule has 1 saturated heterocycles. The molecule has 1 N–H and O–H groups in total. The number of aliphatic hydroxyl groups is 1. The molecule has 1 fully saturated rings. The number of hydrogen-bond donors (Lipinski definition) is 1. The van der Waals surface area contributed by atoms with Crippen LogP contribution >= 0.6 is 11.3 Å². The van der Waals surface area contributed by atoms with Gasteiger partial charge < -0.3 is 10.0 Å².